The number of amides is 1. The highest BCUT2D eigenvalue weighted by molar-refractivity contribution is 5.95. The number of rotatable bonds is 8. The van der Waals surface area contributed by atoms with Crippen LogP contribution in [0.15, 0.2) is 84.9 Å². The zero-order valence-electron chi connectivity index (χ0n) is 20.7. The van der Waals surface area contributed by atoms with Crippen LogP contribution in [0.5, 0.6) is 5.75 Å². The van der Waals surface area contributed by atoms with Crippen molar-refractivity contribution in [1.82, 2.24) is 15.3 Å². The topological polar surface area (TPSA) is 112 Å². The van der Waals surface area contributed by atoms with Gasteiger partial charge in [-0.15, -0.1) is 24.8 Å². The van der Waals surface area contributed by atoms with Crippen LogP contribution in [0.3, 0.4) is 0 Å². The number of nitrogen functional groups attached to an aromatic ring is 1. The second kappa shape index (κ2) is 14.9. The van der Waals surface area contributed by atoms with E-state index in [1.807, 2.05) is 11.1 Å². The fourth-order valence-corrected chi connectivity index (χ4v) is 3.82. The van der Waals surface area contributed by atoms with Crippen molar-refractivity contribution in [1.29, 1.82) is 5.41 Å². The van der Waals surface area contributed by atoms with E-state index in [1.54, 1.807) is 54.6 Å². The van der Waals surface area contributed by atoms with E-state index in [1.165, 1.54) is 11.6 Å². The summed E-state index contributed by atoms with van der Waals surface area (Å²) in [5, 5.41) is 9.35. The summed E-state index contributed by atoms with van der Waals surface area (Å²) < 4.78 is 5.36. The maximum Gasteiger partial charge on any atom is 0.343 e. The SMILES string of the molecule is Cl.Cl.N=C(N)c1ccc(OC(=O)c2ccc(C=CC(=O)NN3CCN(Cc4ccccc4)CC3)cc2)cc1. The van der Waals surface area contributed by atoms with Crippen LogP contribution in [-0.2, 0) is 11.3 Å². The Morgan fingerprint density at radius 2 is 1.47 bits per heavy atom. The van der Waals surface area contributed by atoms with Crippen LogP contribution in [0.4, 0.5) is 0 Å². The van der Waals surface area contributed by atoms with Crippen LogP contribution in [0, 0.1) is 5.41 Å². The summed E-state index contributed by atoms with van der Waals surface area (Å²) in [5.74, 6) is -0.368. The van der Waals surface area contributed by atoms with Crippen molar-refractivity contribution in [2.24, 2.45) is 5.73 Å². The summed E-state index contributed by atoms with van der Waals surface area (Å²) in [6, 6.07) is 23.6. The maximum atomic E-state index is 12.4. The quantitative estimate of drug-likeness (QED) is 0.128. The summed E-state index contributed by atoms with van der Waals surface area (Å²) in [4.78, 5) is 27.1. The first-order valence-electron chi connectivity index (χ1n) is 11.7. The average molecular weight is 556 g/mol. The maximum absolute atomic E-state index is 12.4. The molecular weight excluding hydrogens is 525 g/mol. The number of carbonyl (C=O) groups is 2. The third kappa shape index (κ3) is 9.00. The molecule has 8 nitrogen and oxygen atoms in total. The fourth-order valence-electron chi connectivity index (χ4n) is 3.82. The molecule has 0 radical (unpaired) electrons. The number of nitrogens with zero attached hydrogens (tertiary/aromatic N) is 2. The Labute approximate surface area is 234 Å². The Morgan fingerprint density at radius 1 is 0.868 bits per heavy atom. The first kappa shape index (κ1) is 30.5. The van der Waals surface area contributed by atoms with Gasteiger partial charge in [0.1, 0.15) is 11.6 Å². The molecule has 3 aromatic carbocycles. The van der Waals surface area contributed by atoms with Crippen molar-refractivity contribution in [3.63, 3.8) is 0 Å². The molecule has 0 aliphatic carbocycles. The van der Waals surface area contributed by atoms with E-state index in [9.17, 15) is 9.59 Å². The molecule has 0 atom stereocenters. The van der Waals surface area contributed by atoms with Gasteiger partial charge in [-0.1, -0.05) is 42.5 Å². The van der Waals surface area contributed by atoms with Gasteiger partial charge in [0.25, 0.3) is 5.91 Å². The molecule has 1 aliphatic rings. The van der Waals surface area contributed by atoms with Crippen molar-refractivity contribution in [3.05, 3.63) is 107 Å². The molecule has 1 fully saturated rings. The van der Waals surface area contributed by atoms with Gasteiger partial charge in [0, 0.05) is 44.4 Å². The minimum Gasteiger partial charge on any atom is -0.423 e. The lowest BCUT2D eigenvalue weighted by molar-refractivity contribution is -0.121. The van der Waals surface area contributed by atoms with Crippen molar-refractivity contribution in [2.45, 2.75) is 6.54 Å². The normalized spacial score (nSPS) is 13.7. The van der Waals surface area contributed by atoms with Crippen molar-refractivity contribution in [3.8, 4) is 5.75 Å². The monoisotopic (exact) mass is 555 g/mol. The van der Waals surface area contributed by atoms with Crippen LogP contribution < -0.4 is 15.9 Å². The average Bonchev–Trinajstić information content (AvgIpc) is 2.90. The van der Waals surface area contributed by atoms with Crippen molar-refractivity contribution in [2.75, 3.05) is 26.2 Å². The standard InChI is InChI=1S/C28H29N5O3.2ClH/c29-27(30)23-11-13-25(14-12-23)36-28(35)24-9-6-21(7-10-24)8-15-26(34)31-33-18-16-32(17-19-33)20-22-4-2-1-3-5-22;;/h1-15H,16-20H2,(H3,29,30)(H,31,34);2*1H. The Morgan fingerprint density at radius 3 is 2.08 bits per heavy atom. The summed E-state index contributed by atoms with van der Waals surface area (Å²) in [6.07, 6.45) is 3.19. The van der Waals surface area contributed by atoms with Crippen LogP contribution in [0.2, 0.25) is 0 Å². The second-order valence-corrected chi connectivity index (χ2v) is 8.51. The lowest BCUT2D eigenvalue weighted by Gasteiger charge is -2.34. The Kier molecular flexibility index (Phi) is 12.0. The summed E-state index contributed by atoms with van der Waals surface area (Å²) >= 11 is 0. The molecule has 0 spiro atoms. The molecule has 4 rings (SSSR count). The van der Waals surface area contributed by atoms with E-state index in [0.29, 0.717) is 16.9 Å². The van der Waals surface area contributed by atoms with Gasteiger partial charge in [-0.2, -0.15) is 0 Å². The molecule has 1 aliphatic heterocycles. The molecule has 1 saturated heterocycles. The number of carbonyl (C=O) groups excluding carboxylic acids is 2. The first-order chi connectivity index (χ1) is 17.5. The number of nitrogens with one attached hydrogen (secondary N) is 2. The molecule has 0 aromatic heterocycles. The highest BCUT2D eigenvalue weighted by Crippen LogP contribution is 2.15. The van der Waals surface area contributed by atoms with E-state index in [4.69, 9.17) is 15.9 Å². The highest BCUT2D eigenvalue weighted by atomic mass is 35.5. The zero-order valence-corrected chi connectivity index (χ0v) is 22.3. The molecule has 0 unspecified atom stereocenters. The van der Waals surface area contributed by atoms with E-state index < -0.39 is 5.97 Å². The molecule has 1 heterocycles. The molecule has 10 heteroatoms. The van der Waals surface area contributed by atoms with Crippen LogP contribution in [-0.4, -0.2) is 53.8 Å². The number of nitrogens with two attached hydrogens (primary N) is 1. The largest absolute Gasteiger partial charge is 0.423 e. The summed E-state index contributed by atoms with van der Waals surface area (Å²) in [7, 11) is 0. The highest BCUT2D eigenvalue weighted by Gasteiger charge is 2.17. The third-order valence-electron chi connectivity index (χ3n) is 5.84. The molecular formula is C28H31Cl2N5O3. The zero-order chi connectivity index (χ0) is 25.3. The Balaban J connectivity index is 0.00000253. The van der Waals surface area contributed by atoms with Gasteiger partial charge in [-0.3, -0.25) is 20.5 Å². The lowest BCUT2D eigenvalue weighted by atomic mass is 10.1. The first-order valence-corrected chi connectivity index (χ1v) is 11.7. The predicted octanol–water partition coefficient (Wildman–Crippen LogP) is 3.90. The minimum atomic E-state index is -0.495. The molecule has 38 heavy (non-hydrogen) atoms. The van der Waals surface area contributed by atoms with E-state index in [2.05, 4.69) is 34.6 Å². The van der Waals surface area contributed by atoms with E-state index >= 15 is 0 Å². The van der Waals surface area contributed by atoms with Crippen LogP contribution in [0.25, 0.3) is 6.08 Å². The summed E-state index contributed by atoms with van der Waals surface area (Å²) in [5.41, 5.74) is 11.4. The number of amidine groups is 1. The molecule has 3 aromatic rings. The molecule has 200 valence electrons. The smallest absolute Gasteiger partial charge is 0.343 e. The van der Waals surface area contributed by atoms with E-state index in [-0.39, 0.29) is 36.6 Å². The predicted molar refractivity (Wildman–Crippen MR) is 154 cm³/mol. The van der Waals surface area contributed by atoms with Crippen LogP contribution in [0.1, 0.15) is 27.0 Å². The molecule has 0 bridgehead atoms. The van der Waals surface area contributed by atoms with Crippen LogP contribution >= 0.6 is 24.8 Å². The second-order valence-electron chi connectivity index (χ2n) is 8.51. The number of ether oxygens (including phenoxy) is 1. The van der Waals surface area contributed by atoms with Crippen molar-refractivity contribution < 1.29 is 14.3 Å². The van der Waals surface area contributed by atoms with Gasteiger partial charge in [-0.05, 0) is 53.6 Å². The van der Waals surface area contributed by atoms with Gasteiger partial charge < -0.3 is 10.5 Å². The molecule has 4 N–H and O–H groups in total. The number of benzene rings is 3. The van der Waals surface area contributed by atoms with Gasteiger partial charge in [-0.25, -0.2) is 9.80 Å². The molecule has 0 saturated carbocycles. The van der Waals surface area contributed by atoms with Crippen molar-refractivity contribution >= 4 is 48.6 Å². The van der Waals surface area contributed by atoms with E-state index in [0.717, 1.165) is 38.3 Å². The minimum absolute atomic E-state index is 0. The number of piperazine rings is 1. The Hall–Kier alpha value is -3.69. The number of esters is 1. The Bertz CT molecular complexity index is 1230. The number of hydrogen-bond donors (Lipinski definition) is 3. The third-order valence-corrected chi connectivity index (χ3v) is 5.84. The van der Waals surface area contributed by atoms with Gasteiger partial charge in [0.05, 0.1) is 5.56 Å². The number of hydrogen-bond acceptors (Lipinski definition) is 6. The van der Waals surface area contributed by atoms with Gasteiger partial charge in [0.2, 0.25) is 0 Å². The summed E-state index contributed by atoms with van der Waals surface area (Å²) in [6.45, 7) is 4.22. The number of halogens is 2. The fraction of sp³-hybridized carbons (Fsp3) is 0.179. The lowest BCUT2D eigenvalue weighted by Crippen LogP contribution is -2.52. The van der Waals surface area contributed by atoms with Gasteiger partial charge in [0.15, 0.2) is 0 Å². The van der Waals surface area contributed by atoms with Gasteiger partial charge >= 0.3 is 5.97 Å². The molecule has 1 amide bonds. The number of hydrazine groups is 1.